The Bertz CT molecular complexity index is 1050. The Morgan fingerprint density at radius 1 is 0.903 bits per heavy atom. The van der Waals surface area contributed by atoms with Crippen molar-refractivity contribution in [2.75, 3.05) is 21.3 Å². The highest BCUT2D eigenvalue weighted by atomic mass is 79.9. The number of ketones is 1. The van der Waals surface area contributed by atoms with E-state index < -0.39 is 0 Å². The van der Waals surface area contributed by atoms with Gasteiger partial charge in [-0.3, -0.25) is 9.59 Å². The van der Waals surface area contributed by atoms with Gasteiger partial charge in [0.2, 0.25) is 11.7 Å². The molecule has 1 aliphatic carbocycles. The summed E-state index contributed by atoms with van der Waals surface area (Å²) in [7, 11) is 4.69. The summed E-state index contributed by atoms with van der Waals surface area (Å²) >= 11 is 3.49. The van der Waals surface area contributed by atoms with Crippen LogP contribution in [0.2, 0.25) is 0 Å². The second-order valence-electron chi connectivity index (χ2n) is 7.74. The maximum absolute atomic E-state index is 13.3. The monoisotopic (exact) mass is 485 g/mol. The quantitative estimate of drug-likeness (QED) is 0.675. The molecule has 2 unspecified atom stereocenters. The SMILES string of the molecule is COc1cc(C2CC(=O)C3=C(C2)NC(=O)CC3c2cccc(Br)c2)cc(OC)c1OC. The number of ether oxygens (including phenoxy) is 3. The van der Waals surface area contributed by atoms with E-state index in [9.17, 15) is 9.59 Å². The minimum atomic E-state index is -0.227. The summed E-state index contributed by atoms with van der Waals surface area (Å²) in [5, 5.41) is 2.96. The number of hydrogen-bond donors (Lipinski definition) is 1. The number of methoxy groups -OCH3 is 3. The fourth-order valence-corrected chi connectivity index (χ4v) is 4.96. The third-order valence-corrected chi connectivity index (χ3v) is 6.44. The third-order valence-electron chi connectivity index (χ3n) is 5.95. The summed E-state index contributed by atoms with van der Waals surface area (Å²) in [6.07, 6.45) is 1.20. The van der Waals surface area contributed by atoms with Crippen LogP contribution >= 0.6 is 15.9 Å². The molecule has 0 spiro atoms. The van der Waals surface area contributed by atoms with Gasteiger partial charge in [-0.2, -0.15) is 0 Å². The molecule has 0 radical (unpaired) electrons. The molecule has 6 nitrogen and oxygen atoms in total. The normalized spacial score (nSPS) is 20.8. The predicted molar refractivity (Wildman–Crippen MR) is 120 cm³/mol. The number of carbonyl (C=O) groups excluding carboxylic acids is 2. The maximum atomic E-state index is 13.3. The maximum Gasteiger partial charge on any atom is 0.225 e. The first-order chi connectivity index (χ1) is 14.9. The van der Waals surface area contributed by atoms with Crippen molar-refractivity contribution in [2.24, 2.45) is 0 Å². The van der Waals surface area contributed by atoms with Crippen LogP contribution in [0.3, 0.4) is 0 Å². The molecular weight excluding hydrogens is 462 g/mol. The molecule has 2 atom stereocenters. The van der Waals surface area contributed by atoms with Crippen molar-refractivity contribution in [3.63, 3.8) is 0 Å². The Morgan fingerprint density at radius 2 is 1.61 bits per heavy atom. The smallest absolute Gasteiger partial charge is 0.225 e. The molecule has 0 bridgehead atoms. The number of halogens is 1. The van der Waals surface area contributed by atoms with Gasteiger partial charge >= 0.3 is 0 Å². The van der Waals surface area contributed by atoms with Gasteiger partial charge in [0, 0.05) is 34.5 Å². The summed E-state index contributed by atoms with van der Waals surface area (Å²) in [5.74, 6) is 1.27. The van der Waals surface area contributed by atoms with Gasteiger partial charge in [0.15, 0.2) is 17.3 Å². The second kappa shape index (κ2) is 8.75. The van der Waals surface area contributed by atoms with Crippen molar-refractivity contribution in [3.8, 4) is 17.2 Å². The zero-order valence-electron chi connectivity index (χ0n) is 17.7. The number of benzene rings is 2. The Kier molecular flexibility index (Phi) is 6.05. The van der Waals surface area contributed by atoms with Crippen LogP contribution in [0.25, 0.3) is 0 Å². The Morgan fingerprint density at radius 3 is 2.23 bits per heavy atom. The van der Waals surface area contributed by atoms with Gasteiger partial charge in [-0.15, -0.1) is 0 Å². The Hall–Kier alpha value is -2.80. The van der Waals surface area contributed by atoms with Gasteiger partial charge in [0.25, 0.3) is 0 Å². The number of allylic oxidation sites excluding steroid dienone is 2. The molecule has 7 heteroatoms. The molecule has 2 aromatic rings. The molecule has 31 heavy (non-hydrogen) atoms. The van der Waals surface area contributed by atoms with Crippen LogP contribution in [0.1, 0.15) is 42.2 Å². The summed E-state index contributed by atoms with van der Waals surface area (Å²) in [5.41, 5.74) is 3.32. The van der Waals surface area contributed by atoms with Crippen LogP contribution in [0.4, 0.5) is 0 Å². The van der Waals surface area contributed by atoms with Crippen molar-refractivity contribution in [3.05, 3.63) is 63.3 Å². The van der Waals surface area contributed by atoms with Crippen LogP contribution < -0.4 is 19.5 Å². The molecule has 0 saturated carbocycles. The van der Waals surface area contributed by atoms with E-state index in [1.165, 1.54) is 0 Å². The standard InChI is InChI=1S/C24H24BrNO5/c1-29-20-10-15(11-21(30-2)24(20)31-3)14-8-18-23(19(27)9-14)17(12-22(28)26-18)13-5-4-6-16(25)7-13/h4-7,10-11,14,17H,8-9,12H2,1-3H3,(H,26,28). The third kappa shape index (κ3) is 4.06. The molecule has 0 fully saturated rings. The Balaban J connectivity index is 1.73. The molecular formula is C24H24BrNO5. The van der Waals surface area contributed by atoms with Gasteiger partial charge in [0.05, 0.1) is 21.3 Å². The summed E-state index contributed by atoms with van der Waals surface area (Å²) in [6.45, 7) is 0. The highest BCUT2D eigenvalue weighted by Gasteiger charge is 2.38. The zero-order chi connectivity index (χ0) is 22.1. The van der Waals surface area contributed by atoms with Gasteiger partial charge in [-0.25, -0.2) is 0 Å². The fourth-order valence-electron chi connectivity index (χ4n) is 4.54. The Labute approximate surface area is 189 Å². The molecule has 2 aromatic carbocycles. The first-order valence-electron chi connectivity index (χ1n) is 10.1. The lowest BCUT2D eigenvalue weighted by molar-refractivity contribution is -0.122. The van der Waals surface area contributed by atoms with E-state index in [0.717, 1.165) is 26.9 Å². The van der Waals surface area contributed by atoms with Gasteiger partial charge in [-0.1, -0.05) is 28.1 Å². The van der Waals surface area contributed by atoms with E-state index in [2.05, 4.69) is 21.2 Å². The van der Waals surface area contributed by atoms with Crippen LogP contribution in [0, 0.1) is 0 Å². The average molecular weight is 486 g/mol. The second-order valence-corrected chi connectivity index (χ2v) is 8.65. The van der Waals surface area contributed by atoms with E-state index in [1.54, 1.807) is 21.3 Å². The lowest BCUT2D eigenvalue weighted by Gasteiger charge is -2.34. The van der Waals surface area contributed by atoms with E-state index in [-0.39, 0.29) is 29.9 Å². The summed E-state index contributed by atoms with van der Waals surface area (Å²) in [4.78, 5) is 25.8. The van der Waals surface area contributed by atoms with Gasteiger partial charge in [0.1, 0.15) is 0 Å². The van der Waals surface area contributed by atoms with Crippen LogP contribution in [-0.4, -0.2) is 33.0 Å². The van der Waals surface area contributed by atoms with Gasteiger partial charge in [-0.05, 0) is 47.7 Å². The molecule has 1 aliphatic heterocycles. The van der Waals surface area contributed by atoms with Crippen LogP contribution in [-0.2, 0) is 9.59 Å². The number of nitrogens with one attached hydrogen (secondary N) is 1. The molecule has 2 aliphatic rings. The van der Waals surface area contributed by atoms with Crippen LogP contribution in [0.5, 0.6) is 17.2 Å². The lowest BCUT2D eigenvalue weighted by atomic mass is 9.73. The number of rotatable bonds is 5. The van der Waals surface area contributed by atoms with Crippen molar-refractivity contribution in [2.45, 2.75) is 31.1 Å². The molecule has 4 rings (SSSR count). The predicted octanol–water partition coefficient (Wildman–Crippen LogP) is 4.48. The van der Waals surface area contributed by atoms with Crippen molar-refractivity contribution >= 4 is 27.6 Å². The van der Waals surface area contributed by atoms with E-state index in [1.807, 2.05) is 36.4 Å². The van der Waals surface area contributed by atoms with Gasteiger partial charge < -0.3 is 19.5 Å². The van der Waals surface area contributed by atoms with Crippen molar-refractivity contribution < 1.29 is 23.8 Å². The molecule has 0 aromatic heterocycles. The van der Waals surface area contributed by atoms with Crippen molar-refractivity contribution in [1.82, 2.24) is 5.32 Å². The highest BCUT2D eigenvalue weighted by molar-refractivity contribution is 9.10. The molecule has 1 heterocycles. The summed E-state index contributed by atoms with van der Waals surface area (Å²) in [6, 6.07) is 11.6. The van der Waals surface area contributed by atoms with E-state index >= 15 is 0 Å². The topological polar surface area (TPSA) is 73.9 Å². The first kappa shape index (κ1) is 21.4. The number of hydrogen-bond acceptors (Lipinski definition) is 5. The minimum absolute atomic E-state index is 0.0602. The first-order valence-corrected chi connectivity index (χ1v) is 10.9. The molecule has 162 valence electrons. The van der Waals surface area contributed by atoms with E-state index in [0.29, 0.717) is 30.1 Å². The lowest BCUT2D eigenvalue weighted by Crippen LogP contribution is -2.38. The molecule has 0 saturated heterocycles. The number of amides is 1. The average Bonchev–Trinajstić information content (AvgIpc) is 2.77. The fraction of sp³-hybridized carbons (Fsp3) is 0.333. The number of Topliss-reactive ketones (excluding diaryl/α,β-unsaturated/α-hetero) is 1. The van der Waals surface area contributed by atoms with Crippen molar-refractivity contribution in [1.29, 1.82) is 0 Å². The zero-order valence-corrected chi connectivity index (χ0v) is 19.2. The minimum Gasteiger partial charge on any atom is -0.493 e. The molecule has 1 amide bonds. The van der Waals surface area contributed by atoms with Crippen LogP contribution in [0.15, 0.2) is 52.1 Å². The van der Waals surface area contributed by atoms with E-state index in [4.69, 9.17) is 14.2 Å². The number of carbonyl (C=O) groups is 2. The highest BCUT2D eigenvalue weighted by Crippen LogP contribution is 2.46. The summed E-state index contributed by atoms with van der Waals surface area (Å²) < 4.78 is 17.3. The molecule has 1 N–H and O–H groups in total. The largest absolute Gasteiger partial charge is 0.493 e.